The highest BCUT2D eigenvalue weighted by Gasteiger charge is 2.13. The summed E-state index contributed by atoms with van der Waals surface area (Å²) in [4.78, 5) is 0. The van der Waals surface area contributed by atoms with Crippen LogP contribution in [0.15, 0.2) is 47.6 Å². The maximum Gasteiger partial charge on any atom is 0.216 e. The Kier molecular flexibility index (Phi) is 5.96. The fourth-order valence-electron chi connectivity index (χ4n) is 2.49. The van der Waals surface area contributed by atoms with E-state index in [2.05, 4.69) is 36.1 Å². The van der Waals surface area contributed by atoms with E-state index in [4.69, 9.17) is 28.6 Å². The van der Waals surface area contributed by atoms with Crippen molar-refractivity contribution in [3.63, 3.8) is 0 Å². The summed E-state index contributed by atoms with van der Waals surface area (Å²) >= 11 is 11.2. The molecule has 0 fully saturated rings. The number of nitrogens with one attached hydrogen (secondary N) is 1. The zero-order valence-electron chi connectivity index (χ0n) is 15.7. The minimum absolute atomic E-state index is 0.0731. The summed E-state index contributed by atoms with van der Waals surface area (Å²) in [6.07, 6.45) is 1.31. The van der Waals surface area contributed by atoms with Crippen molar-refractivity contribution in [3.05, 3.63) is 75.0 Å². The van der Waals surface area contributed by atoms with Crippen LogP contribution in [0.25, 0.3) is 0 Å². The van der Waals surface area contributed by atoms with Gasteiger partial charge in [0.05, 0.1) is 11.2 Å². The molecule has 0 spiro atoms. The molecule has 0 aliphatic carbocycles. The number of hydrogen-bond donors (Lipinski definition) is 1. The molecule has 0 bridgehead atoms. The molecule has 0 atom stereocenters. The summed E-state index contributed by atoms with van der Waals surface area (Å²) < 4.78 is 21.3. The number of ether oxygens (including phenoxy) is 1. The minimum atomic E-state index is -0.469. The van der Waals surface area contributed by atoms with E-state index in [0.29, 0.717) is 11.6 Å². The molecule has 0 radical (unpaired) electrons. The molecule has 28 heavy (non-hydrogen) atoms. The standard InChI is InChI=1S/C20H20ClFN4OS/c1-20(2,3)13-7-9-14(10-8-13)27-12-18-24-25-19(28)26(18)23-11-15-16(21)5-4-6-17(15)22/h4-11H,12H2,1-3H3,(H,25,28)/b23-11-. The molecule has 146 valence electrons. The summed E-state index contributed by atoms with van der Waals surface area (Å²) in [6.45, 7) is 6.60. The Labute approximate surface area is 172 Å². The Morgan fingerprint density at radius 1 is 1.25 bits per heavy atom. The lowest BCUT2D eigenvalue weighted by atomic mass is 9.87. The Morgan fingerprint density at radius 3 is 2.61 bits per heavy atom. The predicted molar refractivity (Wildman–Crippen MR) is 111 cm³/mol. The van der Waals surface area contributed by atoms with Gasteiger partial charge in [-0.25, -0.2) is 9.49 Å². The molecular weight excluding hydrogens is 399 g/mol. The molecule has 1 N–H and O–H groups in total. The molecule has 1 heterocycles. The van der Waals surface area contributed by atoms with E-state index in [0.717, 1.165) is 0 Å². The first-order chi connectivity index (χ1) is 13.3. The Morgan fingerprint density at radius 2 is 1.96 bits per heavy atom. The van der Waals surface area contributed by atoms with Gasteiger partial charge in [0.25, 0.3) is 0 Å². The lowest BCUT2D eigenvalue weighted by Gasteiger charge is -2.19. The lowest BCUT2D eigenvalue weighted by Crippen LogP contribution is -2.10. The van der Waals surface area contributed by atoms with Crippen LogP contribution in [0.3, 0.4) is 0 Å². The highest BCUT2D eigenvalue weighted by Crippen LogP contribution is 2.24. The third-order valence-electron chi connectivity index (χ3n) is 4.11. The average molecular weight is 419 g/mol. The van der Waals surface area contributed by atoms with E-state index in [-0.39, 0.29) is 27.4 Å². The number of benzene rings is 2. The molecule has 3 aromatic rings. The zero-order chi connectivity index (χ0) is 20.3. The fraction of sp³-hybridized carbons (Fsp3) is 0.250. The number of rotatable bonds is 5. The van der Waals surface area contributed by atoms with Crippen molar-refractivity contribution in [2.75, 3.05) is 0 Å². The summed E-state index contributed by atoms with van der Waals surface area (Å²) in [5.74, 6) is 0.686. The number of halogens is 2. The molecule has 2 aromatic carbocycles. The normalized spacial score (nSPS) is 11.9. The highest BCUT2D eigenvalue weighted by atomic mass is 35.5. The Bertz CT molecular complexity index is 1030. The van der Waals surface area contributed by atoms with Crippen LogP contribution in [-0.4, -0.2) is 21.1 Å². The van der Waals surface area contributed by atoms with Crippen LogP contribution in [-0.2, 0) is 12.0 Å². The molecule has 0 saturated carbocycles. The molecule has 0 saturated heterocycles. The third-order valence-corrected chi connectivity index (χ3v) is 4.70. The molecule has 0 aliphatic heterocycles. The van der Waals surface area contributed by atoms with Crippen LogP contribution in [0.1, 0.15) is 37.7 Å². The van der Waals surface area contributed by atoms with E-state index in [1.54, 1.807) is 6.07 Å². The number of aromatic nitrogens is 3. The number of aromatic amines is 1. The van der Waals surface area contributed by atoms with Gasteiger partial charge in [-0.05, 0) is 47.5 Å². The maximum atomic E-state index is 13.9. The van der Waals surface area contributed by atoms with Gasteiger partial charge in [0.15, 0.2) is 5.82 Å². The van der Waals surface area contributed by atoms with Crippen molar-refractivity contribution in [1.82, 2.24) is 14.9 Å². The molecular formula is C20H20ClFN4OS. The van der Waals surface area contributed by atoms with Crippen LogP contribution in [0.4, 0.5) is 4.39 Å². The maximum absolute atomic E-state index is 13.9. The van der Waals surface area contributed by atoms with Gasteiger partial charge in [-0.15, -0.1) is 0 Å². The van der Waals surface area contributed by atoms with Gasteiger partial charge in [-0.1, -0.05) is 50.6 Å². The molecule has 0 amide bonds. The van der Waals surface area contributed by atoms with Crippen LogP contribution in [0.5, 0.6) is 5.75 Å². The Balaban J connectivity index is 1.76. The zero-order valence-corrected chi connectivity index (χ0v) is 17.3. The predicted octanol–water partition coefficient (Wildman–Crippen LogP) is 5.49. The van der Waals surface area contributed by atoms with E-state index in [9.17, 15) is 4.39 Å². The van der Waals surface area contributed by atoms with E-state index in [1.165, 1.54) is 28.6 Å². The lowest BCUT2D eigenvalue weighted by molar-refractivity contribution is 0.290. The van der Waals surface area contributed by atoms with E-state index in [1.807, 2.05) is 24.3 Å². The summed E-state index contributed by atoms with van der Waals surface area (Å²) in [7, 11) is 0. The van der Waals surface area contributed by atoms with Gasteiger partial charge < -0.3 is 4.74 Å². The summed E-state index contributed by atoms with van der Waals surface area (Å²) in [5, 5.41) is 11.3. The smallest absolute Gasteiger partial charge is 0.216 e. The van der Waals surface area contributed by atoms with Gasteiger partial charge in [-0.3, -0.25) is 0 Å². The van der Waals surface area contributed by atoms with Crippen LogP contribution < -0.4 is 4.74 Å². The number of H-pyrrole nitrogens is 1. The SMILES string of the molecule is CC(C)(C)c1ccc(OCc2n[nH]c(=S)n2/N=C\c2c(F)cccc2Cl)cc1. The van der Waals surface area contributed by atoms with Crippen molar-refractivity contribution in [3.8, 4) is 5.75 Å². The molecule has 1 aromatic heterocycles. The quantitative estimate of drug-likeness (QED) is 0.440. The summed E-state index contributed by atoms with van der Waals surface area (Å²) in [6, 6.07) is 12.3. The van der Waals surface area contributed by atoms with Crippen molar-refractivity contribution < 1.29 is 9.13 Å². The topological polar surface area (TPSA) is 55.2 Å². The van der Waals surface area contributed by atoms with Crippen molar-refractivity contribution in [1.29, 1.82) is 0 Å². The molecule has 0 aliphatic rings. The van der Waals surface area contributed by atoms with Gasteiger partial charge in [-0.2, -0.15) is 14.9 Å². The van der Waals surface area contributed by atoms with Crippen molar-refractivity contribution >= 4 is 30.0 Å². The minimum Gasteiger partial charge on any atom is -0.486 e. The van der Waals surface area contributed by atoms with Gasteiger partial charge in [0.1, 0.15) is 18.2 Å². The fourth-order valence-corrected chi connectivity index (χ4v) is 2.90. The van der Waals surface area contributed by atoms with Crippen molar-refractivity contribution in [2.45, 2.75) is 32.8 Å². The first kappa shape index (κ1) is 20.2. The van der Waals surface area contributed by atoms with Crippen LogP contribution in [0, 0.1) is 10.6 Å². The molecule has 3 rings (SSSR count). The second-order valence-corrected chi connectivity index (χ2v) is 7.99. The van der Waals surface area contributed by atoms with E-state index >= 15 is 0 Å². The van der Waals surface area contributed by atoms with E-state index < -0.39 is 5.82 Å². The summed E-state index contributed by atoms with van der Waals surface area (Å²) in [5.41, 5.74) is 1.47. The number of hydrogen-bond acceptors (Lipinski definition) is 4. The molecule has 5 nitrogen and oxygen atoms in total. The van der Waals surface area contributed by atoms with Gasteiger partial charge in [0, 0.05) is 5.56 Å². The third kappa shape index (κ3) is 4.66. The van der Waals surface area contributed by atoms with Crippen LogP contribution in [0.2, 0.25) is 5.02 Å². The Hall–Kier alpha value is -2.51. The average Bonchev–Trinajstić information content (AvgIpc) is 2.99. The monoisotopic (exact) mass is 418 g/mol. The van der Waals surface area contributed by atoms with Gasteiger partial charge >= 0.3 is 0 Å². The van der Waals surface area contributed by atoms with Crippen molar-refractivity contribution in [2.24, 2.45) is 5.10 Å². The largest absolute Gasteiger partial charge is 0.486 e. The number of nitrogens with zero attached hydrogens (tertiary/aromatic N) is 3. The van der Waals surface area contributed by atoms with Crippen LogP contribution >= 0.6 is 23.8 Å². The first-order valence-corrected chi connectivity index (χ1v) is 9.42. The molecule has 0 unspecified atom stereocenters. The molecule has 8 heteroatoms. The second-order valence-electron chi connectivity index (χ2n) is 7.20. The highest BCUT2D eigenvalue weighted by molar-refractivity contribution is 7.71. The van der Waals surface area contributed by atoms with Gasteiger partial charge in [0.2, 0.25) is 4.77 Å². The first-order valence-electron chi connectivity index (χ1n) is 8.64. The second kappa shape index (κ2) is 8.24.